The maximum atomic E-state index is 10.9. The predicted octanol–water partition coefficient (Wildman–Crippen LogP) is 1.70. The predicted molar refractivity (Wildman–Crippen MR) is 81.3 cm³/mol. The fraction of sp³-hybridized carbons (Fsp3) is 0.625. The summed E-state index contributed by atoms with van der Waals surface area (Å²) in [5, 5.41) is 35.6. The molecule has 0 fully saturated rings. The summed E-state index contributed by atoms with van der Waals surface area (Å²) >= 11 is 0. The lowest BCUT2D eigenvalue weighted by Gasteiger charge is -2.29. The van der Waals surface area contributed by atoms with E-state index in [1.165, 1.54) is 0 Å². The van der Waals surface area contributed by atoms with Crippen LogP contribution in [0.2, 0.25) is 0 Å². The van der Waals surface area contributed by atoms with Crippen molar-refractivity contribution >= 4 is 23.9 Å². The highest BCUT2D eigenvalue weighted by atomic mass is 16.4. The van der Waals surface area contributed by atoms with E-state index in [1.807, 2.05) is 12.2 Å². The lowest BCUT2D eigenvalue weighted by molar-refractivity contribution is -0.157. The Morgan fingerprint density at radius 3 is 1.25 bits per heavy atom. The molecule has 4 N–H and O–H groups in total. The molecule has 0 heterocycles. The van der Waals surface area contributed by atoms with Gasteiger partial charge in [0.05, 0.1) is 0 Å². The van der Waals surface area contributed by atoms with Gasteiger partial charge in [0.25, 0.3) is 0 Å². The molecule has 1 aliphatic rings. The Labute approximate surface area is 138 Å². The number of hydrogen-bond donors (Lipinski definition) is 4. The van der Waals surface area contributed by atoms with Crippen molar-refractivity contribution in [1.29, 1.82) is 0 Å². The van der Waals surface area contributed by atoms with Gasteiger partial charge in [0, 0.05) is 0 Å². The summed E-state index contributed by atoms with van der Waals surface area (Å²) in [5.74, 6) is -8.35. The van der Waals surface area contributed by atoms with Crippen molar-refractivity contribution in [2.24, 2.45) is 23.7 Å². The third kappa shape index (κ3) is 5.68. The third-order valence-electron chi connectivity index (χ3n) is 4.56. The van der Waals surface area contributed by atoms with Gasteiger partial charge in [-0.3, -0.25) is 19.2 Å². The van der Waals surface area contributed by atoms with Crippen LogP contribution in [-0.2, 0) is 19.2 Å². The van der Waals surface area contributed by atoms with E-state index >= 15 is 0 Å². The second-order valence-corrected chi connectivity index (χ2v) is 6.08. The van der Waals surface area contributed by atoms with Crippen LogP contribution in [-0.4, -0.2) is 44.3 Å². The molecule has 0 saturated carbocycles. The average Bonchev–Trinajstić information content (AvgIpc) is 2.47. The molecule has 0 aromatic heterocycles. The Morgan fingerprint density at radius 2 is 1.00 bits per heavy atom. The molecule has 2 unspecified atom stereocenters. The Hall–Kier alpha value is -2.38. The molecule has 0 radical (unpaired) electrons. The summed E-state index contributed by atoms with van der Waals surface area (Å²) in [5.41, 5.74) is 0. The molecule has 0 aliphatic heterocycles. The molecule has 0 aromatic carbocycles. The molecular formula is C16H22O8. The van der Waals surface area contributed by atoms with E-state index in [1.54, 1.807) is 0 Å². The van der Waals surface area contributed by atoms with E-state index in [4.69, 9.17) is 20.4 Å². The molecule has 0 saturated heterocycles. The number of carboxylic acids is 4. The van der Waals surface area contributed by atoms with Crippen LogP contribution >= 0.6 is 0 Å². The molecule has 134 valence electrons. The smallest absolute Gasteiger partial charge is 0.317 e. The lowest BCUT2D eigenvalue weighted by Crippen LogP contribution is -2.27. The maximum Gasteiger partial charge on any atom is 0.317 e. The first kappa shape index (κ1) is 19.7. The van der Waals surface area contributed by atoms with Crippen molar-refractivity contribution in [2.45, 2.75) is 38.5 Å². The van der Waals surface area contributed by atoms with Gasteiger partial charge in [-0.2, -0.15) is 0 Å². The Kier molecular flexibility index (Phi) is 7.41. The second-order valence-electron chi connectivity index (χ2n) is 6.08. The highest BCUT2D eigenvalue weighted by molar-refractivity contribution is 5.93. The summed E-state index contributed by atoms with van der Waals surface area (Å²) < 4.78 is 0. The molecule has 1 rings (SSSR count). The van der Waals surface area contributed by atoms with Gasteiger partial charge in [-0.15, -0.1) is 0 Å². The Bertz CT molecular complexity index is 450. The second kappa shape index (κ2) is 9.05. The number of allylic oxidation sites excluding steroid dienone is 2. The monoisotopic (exact) mass is 342 g/mol. The minimum absolute atomic E-state index is 0.000955. The molecule has 8 heteroatoms. The van der Waals surface area contributed by atoms with Gasteiger partial charge >= 0.3 is 23.9 Å². The SMILES string of the molecule is O=C(O)C(CCC1CC=CCC1CCC(C(=O)O)C(=O)O)C(=O)O. The van der Waals surface area contributed by atoms with Crippen LogP contribution in [0.1, 0.15) is 38.5 Å². The summed E-state index contributed by atoms with van der Waals surface area (Å²) in [4.78, 5) is 43.7. The number of rotatable bonds is 10. The molecule has 24 heavy (non-hydrogen) atoms. The molecule has 0 spiro atoms. The van der Waals surface area contributed by atoms with Crippen LogP contribution in [0.4, 0.5) is 0 Å². The molecule has 0 bridgehead atoms. The van der Waals surface area contributed by atoms with Crippen LogP contribution in [0, 0.1) is 23.7 Å². The largest absolute Gasteiger partial charge is 0.481 e. The summed E-state index contributed by atoms with van der Waals surface area (Å²) in [6.07, 6.45) is 5.96. The van der Waals surface area contributed by atoms with Crippen molar-refractivity contribution in [3.63, 3.8) is 0 Å². The Balaban J connectivity index is 2.64. The van der Waals surface area contributed by atoms with Crippen LogP contribution in [0.15, 0.2) is 12.2 Å². The number of carbonyl (C=O) groups is 4. The minimum Gasteiger partial charge on any atom is -0.481 e. The average molecular weight is 342 g/mol. The first-order valence-corrected chi connectivity index (χ1v) is 7.80. The van der Waals surface area contributed by atoms with Crippen molar-refractivity contribution in [3.05, 3.63) is 12.2 Å². The van der Waals surface area contributed by atoms with E-state index in [0.717, 1.165) is 0 Å². The van der Waals surface area contributed by atoms with Gasteiger partial charge < -0.3 is 20.4 Å². The Morgan fingerprint density at radius 1 is 0.708 bits per heavy atom. The number of carboxylic acid groups (broad SMARTS) is 4. The summed E-state index contributed by atoms with van der Waals surface area (Å²) in [6, 6.07) is 0. The van der Waals surface area contributed by atoms with Gasteiger partial charge in [-0.25, -0.2) is 0 Å². The fourth-order valence-corrected chi connectivity index (χ4v) is 3.10. The van der Waals surface area contributed by atoms with E-state index in [2.05, 4.69) is 0 Å². The molecular weight excluding hydrogens is 320 g/mol. The number of hydrogen-bond acceptors (Lipinski definition) is 4. The van der Waals surface area contributed by atoms with Gasteiger partial charge in [0.1, 0.15) is 0 Å². The van der Waals surface area contributed by atoms with Crippen molar-refractivity contribution in [2.75, 3.05) is 0 Å². The number of aliphatic carboxylic acids is 4. The summed E-state index contributed by atoms with van der Waals surface area (Å²) in [6.45, 7) is 0. The summed E-state index contributed by atoms with van der Waals surface area (Å²) in [7, 11) is 0. The highest BCUT2D eigenvalue weighted by Crippen LogP contribution is 2.34. The quantitative estimate of drug-likeness (QED) is 0.346. The normalized spacial score (nSPS) is 20.2. The van der Waals surface area contributed by atoms with Crippen LogP contribution in [0.5, 0.6) is 0 Å². The molecule has 0 amide bonds. The molecule has 2 atom stereocenters. The highest BCUT2D eigenvalue weighted by Gasteiger charge is 2.31. The van der Waals surface area contributed by atoms with Crippen molar-refractivity contribution < 1.29 is 39.6 Å². The maximum absolute atomic E-state index is 10.9. The van der Waals surface area contributed by atoms with E-state index in [-0.39, 0.29) is 24.7 Å². The van der Waals surface area contributed by atoms with Crippen LogP contribution < -0.4 is 0 Å². The van der Waals surface area contributed by atoms with E-state index < -0.39 is 35.7 Å². The molecule has 8 nitrogen and oxygen atoms in total. The standard InChI is InChI=1S/C16H22O8/c17-13(18)11(14(19)20)7-5-9-3-1-2-4-10(9)6-8-12(15(21)22)16(23)24/h1-2,9-12H,3-8H2,(H,17,18)(H,19,20)(H,21,22)(H,23,24). The fourth-order valence-electron chi connectivity index (χ4n) is 3.10. The lowest BCUT2D eigenvalue weighted by atomic mass is 9.76. The van der Waals surface area contributed by atoms with Gasteiger partial charge in [-0.1, -0.05) is 12.2 Å². The van der Waals surface area contributed by atoms with Gasteiger partial charge in [-0.05, 0) is 50.4 Å². The molecule has 0 aromatic rings. The zero-order valence-corrected chi connectivity index (χ0v) is 13.1. The van der Waals surface area contributed by atoms with Crippen molar-refractivity contribution in [3.8, 4) is 0 Å². The van der Waals surface area contributed by atoms with E-state index in [0.29, 0.717) is 25.7 Å². The van der Waals surface area contributed by atoms with E-state index in [9.17, 15) is 19.2 Å². The topological polar surface area (TPSA) is 149 Å². The van der Waals surface area contributed by atoms with Gasteiger partial charge in [0.2, 0.25) is 0 Å². The zero-order chi connectivity index (χ0) is 18.3. The third-order valence-corrected chi connectivity index (χ3v) is 4.56. The first-order valence-electron chi connectivity index (χ1n) is 7.80. The van der Waals surface area contributed by atoms with Crippen molar-refractivity contribution in [1.82, 2.24) is 0 Å². The minimum atomic E-state index is -1.46. The first-order chi connectivity index (χ1) is 11.2. The molecule has 1 aliphatic carbocycles. The van der Waals surface area contributed by atoms with Gasteiger partial charge in [0.15, 0.2) is 11.8 Å². The van der Waals surface area contributed by atoms with Crippen LogP contribution in [0.25, 0.3) is 0 Å². The zero-order valence-electron chi connectivity index (χ0n) is 13.1. The van der Waals surface area contributed by atoms with Crippen LogP contribution in [0.3, 0.4) is 0 Å².